The maximum absolute atomic E-state index is 12.8. The number of benzene rings is 1. The molecular formula is C34H50O8. The van der Waals surface area contributed by atoms with Crippen molar-refractivity contribution in [3.8, 4) is 0 Å². The summed E-state index contributed by atoms with van der Waals surface area (Å²) in [7, 11) is 0. The topological polar surface area (TPSA) is 105 Å². The summed E-state index contributed by atoms with van der Waals surface area (Å²) >= 11 is 0. The van der Waals surface area contributed by atoms with Crippen molar-refractivity contribution in [1.29, 1.82) is 0 Å². The van der Waals surface area contributed by atoms with Crippen LogP contribution in [0.5, 0.6) is 0 Å². The Hall–Kier alpha value is -3.42. The lowest BCUT2D eigenvalue weighted by molar-refractivity contribution is -0.148. The lowest BCUT2D eigenvalue weighted by Gasteiger charge is -2.10. The van der Waals surface area contributed by atoms with Crippen molar-refractivity contribution in [1.82, 2.24) is 0 Å². The van der Waals surface area contributed by atoms with E-state index in [1.165, 1.54) is 12.2 Å². The zero-order valence-electron chi connectivity index (χ0n) is 26.0. The molecule has 0 aliphatic carbocycles. The molecule has 0 unspecified atom stereocenters. The molecule has 0 spiro atoms. The van der Waals surface area contributed by atoms with Crippen LogP contribution >= 0.6 is 0 Å². The van der Waals surface area contributed by atoms with Gasteiger partial charge in [0.25, 0.3) is 0 Å². The van der Waals surface area contributed by atoms with Gasteiger partial charge >= 0.3 is 23.9 Å². The fraction of sp³-hybridized carbons (Fsp3) is 0.588. The van der Waals surface area contributed by atoms with Crippen molar-refractivity contribution in [3.05, 3.63) is 46.5 Å². The predicted molar refractivity (Wildman–Crippen MR) is 164 cm³/mol. The average molecular weight is 587 g/mol. The first-order valence-electron chi connectivity index (χ1n) is 15.6. The molecule has 0 radical (unpaired) electrons. The SMILES string of the molecule is CCCCCOC(=O)C(=Cc1ccc(C=C(C(=O)OCCCCC)C(=O)OCCCCC)cc1)C(=O)OCCCCC. The first-order valence-corrected chi connectivity index (χ1v) is 15.6. The van der Waals surface area contributed by atoms with E-state index in [1.54, 1.807) is 24.3 Å². The van der Waals surface area contributed by atoms with E-state index in [0.717, 1.165) is 51.4 Å². The van der Waals surface area contributed by atoms with Crippen LogP contribution in [0.1, 0.15) is 116 Å². The van der Waals surface area contributed by atoms with Crippen molar-refractivity contribution in [2.45, 2.75) is 105 Å². The summed E-state index contributed by atoms with van der Waals surface area (Å²) in [6.07, 6.45) is 13.3. The van der Waals surface area contributed by atoms with E-state index in [2.05, 4.69) is 27.7 Å². The molecule has 8 nitrogen and oxygen atoms in total. The van der Waals surface area contributed by atoms with Crippen molar-refractivity contribution in [2.24, 2.45) is 0 Å². The molecule has 0 bridgehead atoms. The molecule has 0 aliphatic rings. The van der Waals surface area contributed by atoms with Gasteiger partial charge in [0, 0.05) is 0 Å². The molecule has 0 saturated carbocycles. The van der Waals surface area contributed by atoms with E-state index >= 15 is 0 Å². The van der Waals surface area contributed by atoms with Gasteiger partial charge in [-0.3, -0.25) is 0 Å². The van der Waals surface area contributed by atoms with Gasteiger partial charge in [-0.2, -0.15) is 0 Å². The largest absolute Gasteiger partial charge is 0.462 e. The number of carbonyl (C=O) groups is 4. The summed E-state index contributed by atoms with van der Waals surface area (Å²) in [5.74, 6) is -2.91. The minimum absolute atomic E-state index is 0.182. The number of carbonyl (C=O) groups excluding carboxylic acids is 4. The highest BCUT2D eigenvalue weighted by Gasteiger charge is 2.23. The molecule has 0 heterocycles. The number of esters is 4. The third-order valence-electron chi connectivity index (χ3n) is 6.36. The van der Waals surface area contributed by atoms with Gasteiger partial charge in [0.1, 0.15) is 11.1 Å². The van der Waals surface area contributed by atoms with Crippen LogP contribution in [0.2, 0.25) is 0 Å². The monoisotopic (exact) mass is 586 g/mol. The summed E-state index contributed by atoms with van der Waals surface area (Å²) in [6, 6.07) is 6.71. The first kappa shape index (κ1) is 36.6. The molecule has 234 valence electrons. The van der Waals surface area contributed by atoms with E-state index in [9.17, 15) is 19.2 Å². The van der Waals surface area contributed by atoms with Crippen LogP contribution in [0, 0.1) is 0 Å². The summed E-state index contributed by atoms with van der Waals surface area (Å²) < 4.78 is 21.3. The van der Waals surface area contributed by atoms with Gasteiger partial charge < -0.3 is 18.9 Å². The molecule has 8 heteroatoms. The zero-order valence-corrected chi connectivity index (χ0v) is 26.0. The Labute approximate surface area is 251 Å². The van der Waals surface area contributed by atoms with Crippen LogP contribution in [0.15, 0.2) is 35.4 Å². The first-order chi connectivity index (χ1) is 20.4. The van der Waals surface area contributed by atoms with E-state index in [1.807, 2.05) is 0 Å². The van der Waals surface area contributed by atoms with E-state index < -0.39 is 23.9 Å². The fourth-order valence-electron chi connectivity index (χ4n) is 3.80. The highest BCUT2D eigenvalue weighted by molar-refractivity contribution is 6.18. The van der Waals surface area contributed by atoms with Gasteiger partial charge in [-0.05, 0) is 49.0 Å². The standard InChI is InChI=1S/C34H50O8/c1-5-9-13-21-39-31(35)29(32(36)40-22-14-10-6-2)25-27-17-19-28(20-18-27)26-30(33(37)41-23-15-11-7-3)34(38)42-24-16-12-8-4/h17-20,25-26H,5-16,21-24H2,1-4H3. The summed E-state index contributed by atoms with van der Waals surface area (Å²) in [5, 5.41) is 0. The summed E-state index contributed by atoms with van der Waals surface area (Å²) in [6.45, 7) is 9.10. The Morgan fingerprint density at radius 3 is 0.905 bits per heavy atom. The highest BCUT2D eigenvalue weighted by Crippen LogP contribution is 2.16. The quantitative estimate of drug-likeness (QED) is 0.0346. The van der Waals surface area contributed by atoms with Crippen LogP contribution in [0.4, 0.5) is 0 Å². The van der Waals surface area contributed by atoms with Crippen molar-refractivity contribution in [3.63, 3.8) is 0 Å². The maximum atomic E-state index is 12.8. The normalized spacial score (nSPS) is 10.4. The molecule has 0 aliphatic heterocycles. The van der Waals surface area contributed by atoms with Crippen LogP contribution in [-0.2, 0) is 38.1 Å². The molecule has 0 fully saturated rings. The second-order valence-corrected chi connectivity index (χ2v) is 10.2. The Morgan fingerprint density at radius 1 is 0.452 bits per heavy atom. The van der Waals surface area contributed by atoms with Gasteiger partial charge in [-0.15, -0.1) is 0 Å². The second-order valence-electron chi connectivity index (χ2n) is 10.2. The molecule has 0 atom stereocenters. The molecule has 1 aromatic rings. The molecule has 0 amide bonds. The molecule has 0 aromatic heterocycles. The molecular weight excluding hydrogens is 536 g/mol. The molecule has 0 N–H and O–H groups in total. The third kappa shape index (κ3) is 15.5. The van der Waals surface area contributed by atoms with Gasteiger partial charge in [0.15, 0.2) is 0 Å². The Bertz CT molecular complexity index is 874. The van der Waals surface area contributed by atoms with Crippen LogP contribution < -0.4 is 0 Å². The molecule has 0 saturated heterocycles. The van der Waals surface area contributed by atoms with Gasteiger partial charge in [-0.1, -0.05) is 103 Å². The Balaban J connectivity index is 3.15. The summed E-state index contributed by atoms with van der Waals surface area (Å²) in [5.41, 5.74) is 0.754. The van der Waals surface area contributed by atoms with Crippen LogP contribution in [0.3, 0.4) is 0 Å². The Morgan fingerprint density at radius 2 is 0.690 bits per heavy atom. The highest BCUT2D eigenvalue weighted by atomic mass is 16.6. The third-order valence-corrected chi connectivity index (χ3v) is 6.36. The minimum atomic E-state index is -0.727. The van der Waals surface area contributed by atoms with Crippen molar-refractivity contribution >= 4 is 36.0 Å². The number of hydrogen-bond acceptors (Lipinski definition) is 8. The fourth-order valence-corrected chi connectivity index (χ4v) is 3.80. The number of unbranched alkanes of at least 4 members (excludes halogenated alkanes) is 8. The molecule has 42 heavy (non-hydrogen) atoms. The minimum Gasteiger partial charge on any atom is -0.462 e. The molecule has 1 rings (SSSR count). The number of rotatable bonds is 22. The molecule has 1 aromatic carbocycles. The average Bonchev–Trinajstić information content (AvgIpc) is 2.99. The van der Waals surface area contributed by atoms with Gasteiger partial charge in [0.05, 0.1) is 26.4 Å². The Kier molecular flexibility index (Phi) is 20.2. The van der Waals surface area contributed by atoms with Crippen LogP contribution in [0.25, 0.3) is 12.2 Å². The van der Waals surface area contributed by atoms with E-state index in [0.29, 0.717) is 36.8 Å². The second kappa shape index (κ2) is 23.2. The zero-order chi connectivity index (χ0) is 31.0. The smallest absolute Gasteiger partial charge is 0.345 e. The van der Waals surface area contributed by atoms with Crippen molar-refractivity contribution in [2.75, 3.05) is 26.4 Å². The number of ether oxygens (including phenoxy) is 4. The lowest BCUT2D eigenvalue weighted by Crippen LogP contribution is -2.19. The number of hydrogen-bond donors (Lipinski definition) is 0. The van der Waals surface area contributed by atoms with E-state index in [-0.39, 0.29) is 37.6 Å². The van der Waals surface area contributed by atoms with Crippen molar-refractivity contribution < 1.29 is 38.1 Å². The maximum Gasteiger partial charge on any atom is 0.345 e. The van der Waals surface area contributed by atoms with E-state index in [4.69, 9.17) is 18.9 Å². The lowest BCUT2D eigenvalue weighted by atomic mass is 10.1. The van der Waals surface area contributed by atoms with Gasteiger partial charge in [-0.25, -0.2) is 19.2 Å². The summed E-state index contributed by atoms with van der Waals surface area (Å²) in [4.78, 5) is 51.0. The van der Waals surface area contributed by atoms with Crippen LogP contribution in [-0.4, -0.2) is 50.3 Å². The van der Waals surface area contributed by atoms with Gasteiger partial charge in [0.2, 0.25) is 0 Å². The predicted octanol–water partition coefficient (Wildman–Crippen LogP) is 7.39.